The normalized spacial score (nSPS) is 25.1. The molecule has 2 bridgehead atoms. The Labute approximate surface area is 284 Å². The van der Waals surface area contributed by atoms with Crippen molar-refractivity contribution >= 4 is 34.4 Å². The summed E-state index contributed by atoms with van der Waals surface area (Å²) in [5.74, 6) is 2.66. The highest BCUT2D eigenvalue weighted by Crippen LogP contribution is 2.50. The maximum Gasteiger partial charge on any atom is 0.247 e. The SMILES string of the molecule is COc1cccc(CCN(C(=O)CC2CC3CCC2C3)[C@@H]2CC(C(=O)NCCO)=C[C@H](Oc3c(I)cc(CO)cc3OC)[C@H]2O)c1. The van der Waals surface area contributed by atoms with E-state index in [0.717, 1.165) is 17.7 Å². The Morgan fingerprint density at radius 3 is 2.57 bits per heavy atom. The van der Waals surface area contributed by atoms with Crippen LogP contribution in [0, 0.1) is 21.3 Å². The maximum atomic E-state index is 14.3. The van der Waals surface area contributed by atoms with Crippen LogP contribution < -0.4 is 19.5 Å². The molecule has 4 N–H and O–H groups in total. The summed E-state index contributed by atoms with van der Waals surface area (Å²) in [5, 5.41) is 33.7. The van der Waals surface area contributed by atoms with Gasteiger partial charge in [-0.25, -0.2) is 0 Å². The summed E-state index contributed by atoms with van der Waals surface area (Å²) in [7, 11) is 3.11. The number of nitrogens with one attached hydrogen (secondary N) is 1. The van der Waals surface area contributed by atoms with E-state index in [1.165, 1.54) is 26.4 Å². The molecule has 2 aromatic rings. The minimum absolute atomic E-state index is 0.0280. The molecule has 0 aromatic heterocycles. The van der Waals surface area contributed by atoms with Crippen LogP contribution in [0.1, 0.15) is 49.7 Å². The van der Waals surface area contributed by atoms with E-state index < -0.39 is 18.2 Å². The third-order valence-corrected chi connectivity index (χ3v) is 10.6. The number of aliphatic hydroxyl groups is 3. The second-order valence-electron chi connectivity index (χ2n) is 12.6. The molecule has 10 nitrogen and oxygen atoms in total. The van der Waals surface area contributed by atoms with Crippen LogP contribution in [0.15, 0.2) is 48.0 Å². The smallest absolute Gasteiger partial charge is 0.247 e. The Bertz CT molecular complexity index is 1420. The van der Waals surface area contributed by atoms with Gasteiger partial charge in [0.05, 0.1) is 37.0 Å². The molecule has 250 valence electrons. The number of carbonyl (C=O) groups is 2. The molecule has 6 atom stereocenters. The molecule has 2 saturated carbocycles. The van der Waals surface area contributed by atoms with Gasteiger partial charge in [-0.15, -0.1) is 0 Å². The monoisotopic (exact) mass is 748 g/mol. The predicted molar refractivity (Wildman–Crippen MR) is 181 cm³/mol. The van der Waals surface area contributed by atoms with Gasteiger partial charge in [0.2, 0.25) is 11.8 Å². The van der Waals surface area contributed by atoms with Crippen LogP contribution in [0.4, 0.5) is 0 Å². The fraction of sp³-hybridized carbons (Fsp3) is 0.543. The first-order valence-corrected chi connectivity index (χ1v) is 17.2. The molecule has 2 fully saturated rings. The van der Waals surface area contributed by atoms with E-state index in [0.29, 0.717) is 63.3 Å². The lowest BCUT2D eigenvalue weighted by Crippen LogP contribution is -2.55. The summed E-state index contributed by atoms with van der Waals surface area (Å²) in [4.78, 5) is 29.3. The van der Waals surface area contributed by atoms with Crippen molar-refractivity contribution in [1.29, 1.82) is 0 Å². The Balaban J connectivity index is 1.46. The van der Waals surface area contributed by atoms with Crippen molar-refractivity contribution in [2.75, 3.05) is 33.9 Å². The molecule has 0 spiro atoms. The summed E-state index contributed by atoms with van der Waals surface area (Å²) in [6.45, 7) is 0.0277. The summed E-state index contributed by atoms with van der Waals surface area (Å²) >= 11 is 2.09. The molecule has 2 aromatic carbocycles. The van der Waals surface area contributed by atoms with Crippen LogP contribution in [0.3, 0.4) is 0 Å². The van der Waals surface area contributed by atoms with Gasteiger partial charge in [-0.05, 0) is 107 Å². The third kappa shape index (κ3) is 7.98. The Kier molecular flexibility index (Phi) is 11.8. The third-order valence-electron chi connectivity index (χ3n) is 9.76. The second kappa shape index (κ2) is 15.8. The average molecular weight is 749 g/mol. The standard InChI is InChI=1S/C35H45IN2O8/c1-44-27-5-3-4-21(14-27)8-10-38(32(41)19-25-13-22-6-7-24(25)12-22)29-17-26(35(43)37-9-11-39)18-30(33(29)42)46-34-28(36)15-23(20-40)16-31(34)45-2/h3-5,14-16,18,22,24-25,29-30,33,39-40,42H,6-13,17,19-20H2,1-2H3,(H,37,43)/t22?,24?,25?,29-,30+,33+/m1/s1. The van der Waals surface area contributed by atoms with Crippen LogP contribution in [0.5, 0.6) is 17.2 Å². The van der Waals surface area contributed by atoms with Gasteiger partial charge >= 0.3 is 0 Å². The molecule has 0 aliphatic heterocycles. The highest BCUT2D eigenvalue weighted by Gasteiger charge is 2.44. The number of hydrogen-bond acceptors (Lipinski definition) is 8. The van der Waals surface area contributed by atoms with Gasteiger partial charge < -0.3 is 39.7 Å². The largest absolute Gasteiger partial charge is 0.497 e. The minimum atomic E-state index is -1.15. The van der Waals surface area contributed by atoms with E-state index >= 15 is 0 Å². The van der Waals surface area contributed by atoms with Crippen LogP contribution >= 0.6 is 22.6 Å². The molecule has 3 aliphatic rings. The van der Waals surface area contributed by atoms with Gasteiger partial charge in [-0.3, -0.25) is 9.59 Å². The molecular formula is C35H45IN2O8. The van der Waals surface area contributed by atoms with Crippen molar-refractivity contribution in [3.8, 4) is 17.2 Å². The molecule has 3 unspecified atom stereocenters. The van der Waals surface area contributed by atoms with Crippen LogP contribution in [0.25, 0.3) is 0 Å². The predicted octanol–water partition coefficient (Wildman–Crippen LogP) is 3.61. The lowest BCUT2D eigenvalue weighted by molar-refractivity contribution is -0.140. The number of benzene rings is 2. The van der Waals surface area contributed by atoms with Crippen LogP contribution in [-0.4, -0.2) is 84.2 Å². The number of ether oxygens (including phenoxy) is 3. The van der Waals surface area contributed by atoms with E-state index in [1.54, 1.807) is 30.2 Å². The number of hydrogen-bond donors (Lipinski definition) is 4. The van der Waals surface area contributed by atoms with E-state index in [4.69, 9.17) is 14.2 Å². The Hall–Kier alpha value is -2.87. The Morgan fingerprint density at radius 2 is 1.89 bits per heavy atom. The first-order chi connectivity index (χ1) is 22.2. The van der Waals surface area contributed by atoms with Crippen LogP contribution in [0.2, 0.25) is 0 Å². The van der Waals surface area contributed by atoms with Gasteiger partial charge in [0.1, 0.15) is 18.0 Å². The first kappa shape index (κ1) is 34.5. The Morgan fingerprint density at radius 1 is 1.07 bits per heavy atom. The highest BCUT2D eigenvalue weighted by molar-refractivity contribution is 14.1. The molecule has 46 heavy (non-hydrogen) atoms. The van der Waals surface area contributed by atoms with E-state index in [2.05, 4.69) is 27.9 Å². The minimum Gasteiger partial charge on any atom is -0.497 e. The quantitative estimate of drug-likeness (QED) is 0.215. The molecule has 0 radical (unpaired) electrons. The summed E-state index contributed by atoms with van der Waals surface area (Å²) < 4.78 is 18.1. The number of rotatable bonds is 14. The number of fused-ring (bicyclic) bond motifs is 2. The molecule has 0 heterocycles. The first-order valence-electron chi connectivity index (χ1n) is 16.1. The van der Waals surface area contributed by atoms with E-state index in [-0.39, 0.29) is 38.0 Å². The topological polar surface area (TPSA) is 138 Å². The van der Waals surface area contributed by atoms with Gasteiger partial charge in [0.25, 0.3) is 0 Å². The number of nitrogens with zero attached hydrogens (tertiary/aromatic N) is 1. The van der Waals surface area contributed by atoms with Crippen molar-refractivity contribution in [1.82, 2.24) is 10.2 Å². The summed E-state index contributed by atoms with van der Waals surface area (Å²) in [6.07, 6.45) is 5.23. The summed E-state index contributed by atoms with van der Waals surface area (Å²) in [6, 6.07) is 10.4. The van der Waals surface area contributed by atoms with Crippen molar-refractivity contribution in [2.45, 2.75) is 69.8 Å². The number of halogens is 1. The van der Waals surface area contributed by atoms with Gasteiger partial charge in [-0.1, -0.05) is 18.6 Å². The molecule has 2 amide bonds. The zero-order valence-corrected chi connectivity index (χ0v) is 28.6. The van der Waals surface area contributed by atoms with Crippen molar-refractivity contribution in [3.63, 3.8) is 0 Å². The zero-order chi connectivity index (χ0) is 32.8. The second-order valence-corrected chi connectivity index (χ2v) is 13.8. The molecule has 0 saturated heterocycles. The fourth-order valence-corrected chi connectivity index (χ4v) is 8.21. The molecule has 5 rings (SSSR count). The lowest BCUT2D eigenvalue weighted by Gasteiger charge is -2.41. The lowest BCUT2D eigenvalue weighted by atomic mass is 9.84. The van der Waals surface area contributed by atoms with E-state index in [9.17, 15) is 24.9 Å². The van der Waals surface area contributed by atoms with E-state index in [1.807, 2.05) is 24.3 Å². The number of aliphatic hydroxyl groups excluding tert-OH is 3. The highest BCUT2D eigenvalue weighted by atomic mass is 127. The van der Waals surface area contributed by atoms with Crippen molar-refractivity contribution in [3.05, 3.63) is 62.7 Å². The molecule has 11 heteroatoms. The average Bonchev–Trinajstić information content (AvgIpc) is 3.69. The number of carbonyl (C=O) groups excluding carboxylic acids is 2. The summed E-state index contributed by atoms with van der Waals surface area (Å²) in [5.41, 5.74) is 2.01. The van der Waals surface area contributed by atoms with Crippen molar-refractivity contribution < 1.29 is 39.1 Å². The maximum absolute atomic E-state index is 14.3. The van der Waals surface area contributed by atoms with Crippen LogP contribution in [-0.2, 0) is 22.6 Å². The fourth-order valence-electron chi connectivity index (χ4n) is 7.42. The molecule has 3 aliphatic carbocycles. The number of methoxy groups -OCH3 is 2. The van der Waals surface area contributed by atoms with Crippen molar-refractivity contribution in [2.24, 2.45) is 17.8 Å². The number of amides is 2. The molecular weight excluding hydrogens is 703 g/mol. The van der Waals surface area contributed by atoms with Gasteiger partial charge in [-0.2, -0.15) is 0 Å². The van der Waals surface area contributed by atoms with Gasteiger partial charge in [0.15, 0.2) is 11.5 Å². The van der Waals surface area contributed by atoms with Gasteiger partial charge in [0, 0.05) is 31.5 Å². The zero-order valence-electron chi connectivity index (χ0n) is 26.5.